The summed E-state index contributed by atoms with van der Waals surface area (Å²) in [4.78, 5) is 25.1. The lowest BCUT2D eigenvalue weighted by molar-refractivity contribution is 0.0693. The average Bonchev–Trinajstić information content (AvgIpc) is 2.72. The minimum absolute atomic E-state index is 0.270. The zero-order valence-corrected chi connectivity index (χ0v) is 10.9. The molecule has 96 valence electrons. The van der Waals surface area contributed by atoms with Crippen LogP contribution in [0.3, 0.4) is 0 Å². The fraction of sp³-hybridized carbons (Fsp3) is 0.0588. The maximum absolute atomic E-state index is 12.1. The first-order valence-electron chi connectivity index (χ1n) is 6.21. The van der Waals surface area contributed by atoms with E-state index in [1.54, 1.807) is 18.2 Å². The molecule has 2 aromatic rings. The van der Waals surface area contributed by atoms with E-state index in [0.717, 1.165) is 10.5 Å². The normalized spacial score (nSPS) is 12.9. The molecule has 3 heteroatoms. The lowest BCUT2D eigenvalue weighted by Crippen LogP contribution is -2.24. The third-order valence-corrected chi connectivity index (χ3v) is 3.23. The number of imide groups is 1. The predicted octanol–water partition coefficient (Wildman–Crippen LogP) is 2.31. The van der Waals surface area contributed by atoms with E-state index in [0.29, 0.717) is 16.7 Å². The van der Waals surface area contributed by atoms with Gasteiger partial charge in [0, 0.05) is 18.2 Å². The van der Waals surface area contributed by atoms with E-state index in [9.17, 15) is 9.59 Å². The van der Waals surface area contributed by atoms with Gasteiger partial charge >= 0.3 is 0 Å². The van der Waals surface area contributed by atoms with Gasteiger partial charge in [-0.05, 0) is 24.3 Å². The van der Waals surface area contributed by atoms with Crippen LogP contribution in [0.2, 0.25) is 0 Å². The van der Waals surface area contributed by atoms with Gasteiger partial charge in [-0.1, -0.05) is 36.1 Å². The van der Waals surface area contributed by atoms with E-state index >= 15 is 0 Å². The molecule has 0 atom stereocenters. The fourth-order valence-electron chi connectivity index (χ4n) is 2.17. The molecule has 0 aromatic heterocycles. The number of fused-ring (bicyclic) bond motifs is 1. The average molecular weight is 261 g/mol. The van der Waals surface area contributed by atoms with Gasteiger partial charge in [0.2, 0.25) is 0 Å². The van der Waals surface area contributed by atoms with E-state index in [2.05, 4.69) is 11.8 Å². The molecule has 0 N–H and O–H groups in total. The number of amides is 2. The second-order valence-electron chi connectivity index (χ2n) is 4.51. The van der Waals surface area contributed by atoms with Gasteiger partial charge in [0.25, 0.3) is 11.8 Å². The summed E-state index contributed by atoms with van der Waals surface area (Å²) < 4.78 is 0. The molecule has 0 fully saturated rings. The lowest BCUT2D eigenvalue weighted by atomic mass is 10.0. The van der Waals surface area contributed by atoms with Gasteiger partial charge < -0.3 is 0 Å². The quantitative estimate of drug-likeness (QED) is 0.539. The number of carbonyl (C=O) groups excluding carboxylic acids is 2. The Bertz CT molecular complexity index is 767. The summed E-state index contributed by atoms with van der Waals surface area (Å²) in [6.07, 6.45) is 0. The maximum atomic E-state index is 12.1. The van der Waals surface area contributed by atoms with Crippen molar-refractivity contribution in [3.05, 3.63) is 70.8 Å². The summed E-state index contributed by atoms with van der Waals surface area (Å²) in [5.74, 6) is 5.43. The molecule has 1 heterocycles. The number of hydrogen-bond donors (Lipinski definition) is 0. The van der Waals surface area contributed by atoms with Gasteiger partial charge in [-0.15, -0.1) is 0 Å². The molecule has 0 saturated carbocycles. The van der Waals surface area contributed by atoms with Crippen LogP contribution in [-0.2, 0) is 0 Å². The second kappa shape index (κ2) is 4.67. The first-order chi connectivity index (χ1) is 9.68. The second-order valence-corrected chi connectivity index (χ2v) is 4.51. The minimum Gasteiger partial charge on any atom is -0.277 e. The third kappa shape index (κ3) is 1.88. The molecule has 0 saturated heterocycles. The van der Waals surface area contributed by atoms with Crippen LogP contribution in [0.1, 0.15) is 31.8 Å². The Kier molecular flexibility index (Phi) is 2.85. The lowest BCUT2D eigenvalue weighted by Gasteiger charge is -2.03. The van der Waals surface area contributed by atoms with Gasteiger partial charge in [0.1, 0.15) is 0 Å². The molecule has 20 heavy (non-hydrogen) atoms. The summed E-state index contributed by atoms with van der Waals surface area (Å²) in [6, 6.07) is 14.7. The Morgan fingerprint density at radius 1 is 0.850 bits per heavy atom. The molecule has 0 spiro atoms. The molecule has 0 aliphatic carbocycles. The first-order valence-corrected chi connectivity index (χ1v) is 6.21. The van der Waals surface area contributed by atoms with E-state index in [4.69, 9.17) is 0 Å². The van der Waals surface area contributed by atoms with Crippen molar-refractivity contribution < 1.29 is 9.59 Å². The highest BCUT2D eigenvalue weighted by atomic mass is 16.2. The molecule has 2 aromatic carbocycles. The Morgan fingerprint density at radius 2 is 1.60 bits per heavy atom. The summed E-state index contributed by atoms with van der Waals surface area (Å²) in [5, 5.41) is 0. The molecule has 3 nitrogen and oxygen atoms in total. The molecule has 2 amide bonds. The van der Waals surface area contributed by atoms with Gasteiger partial charge in [0.15, 0.2) is 0 Å². The monoisotopic (exact) mass is 261 g/mol. The highest BCUT2D eigenvalue weighted by Crippen LogP contribution is 2.24. The summed E-state index contributed by atoms with van der Waals surface area (Å²) in [6.45, 7) is 0. The zero-order chi connectivity index (χ0) is 14.1. The van der Waals surface area contributed by atoms with Crippen molar-refractivity contribution in [1.29, 1.82) is 0 Å². The first kappa shape index (κ1) is 12.2. The van der Waals surface area contributed by atoms with Crippen molar-refractivity contribution in [2.24, 2.45) is 0 Å². The topological polar surface area (TPSA) is 37.4 Å². The van der Waals surface area contributed by atoms with Crippen LogP contribution in [0.25, 0.3) is 0 Å². The van der Waals surface area contributed by atoms with Crippen molar-refractivity contribution in [1.82, 2.24) is 4.90 Å². The van der Waals surface area contributed by atoms with E-state index < -0.39 is 0 Å². The summed E-state index contributed by atoms with van der Waals surface area (Å²) in [7, 11) is 1.49. The Labute approximate surface area is 116 Å². The number of nitrogens with zero attached hydrogens (tertiary/aromatic N) is 1. The summed E-state index contributed by atoms with van der Waals surface area (Å²) >= 11 is 0. The largest absolute Gasteiger partial charge is 0.277 e. The molecular weight excluding hydrogens is 250 g/mol. The van der Waals surface area contributed by atoms with Crippen LogP contribution >= 0.6 is 0 Å². The standard InChI is InChI=1S/C17H11NO2/c1-18-16(19)14-9-5-8-13(15(14)17(18)20)11-10-12-6-3-2-4-7-12/h2-9H,1H3. The number of carbonyl (C=O) groups is 2. The van der Waals surface area contributed by atoms with E-state index in [1.165, 1.54) is 7.05 Å². The van der Waals surface area contributed by atoms with Gasteiger partial charge in [0.05, 0.1) is 11.1 Å². The van der Waals surface area contributed by atoms with Crippen LogP contribution in [0.4, 0.5) is 0 Å². The van der Waals surface area contributed by atoms with Crippen molar-refractivity contribution in [3.63, 3.8) is 0 Å². The predicted molar refractivity (Wildman–Crippen MR) is 75.3 cm³/mol. The Balaban J connectivity index is 2.09. The highest BCUT2D eigenvalue weighted by molar-refractivity contribution is 6.22. The fourth-order valence-corrected chi connectivity index (χ4v) is 2.17. The van der Waals surface area contributed by atoms with Gasteiger partial charge in [-0.3, -0.25) is 14.5 Å². The Morgan fingerprint density at radius 3 is 2.35 bits per heavy atom. The van der Waals surface area contributed by atoms with Crippen LogP contribution in [0.15, 0.2) is 48.5 Å². The molecule has 0 bridgehead atoms. The molecule has 1 aliphatic heterocycles. The Hall–Kier alpha value is -2.86. The van der Waals surface area contributed by atoms with Crippen molar-refractivity contribution in [2.45, 2.75) is 0 Å². The van der Waals surface area contributed by atoms with Crippen LogP contribution in [-0.4, -0.2) is 23.8 Å². The smallest absolute Gasteiger partial charge is 0.262 e. The highest BCUT2D eigenvalue weighted by Gasteiger charge is 2.34. The van der Waals surface area contributed by atoms with Crippen LogP contribution in [0.5, 0.6) is 0 Å². The van der Waals surface area contributed by atoms with Gasteiger partial charge in [-0.25, -0.2) is 0 Å². The molecule has 0 radical (unpaired) electrons. The van der Waals surface area contributed by atoms with E-state index in [1.807, 2.05) is 30.3 Å². The van der Waals surface area contributed by atoms with Crippen LogP contribution in [0, 0.1) is 11.8 Å². The van der Waals surface area contributed by atoms with Crippen molar-refractivity contribution in [2.75, 3.05) is 7.05 Å². The SMILES string of the molecule is CN1C(=O)c2cccc(C#Cc3ccccc3)c2C1=O. The molecular formula is C17H11NO2. The van der Waals surface area contributed by atoms with E-state index in [-0.39, 0.29) is 11.8 Å². The number of rotatable bonds is 0. The molecule has 0 unspecified atom stereocenters. The maximum Gasteiger partial charge on any atom is 0.262 e. The van der Waals surface area contributed by atoms with Gasteiger partial charge in [-0.2, -0.15) is 0 Å². The number of benzene rings is 2. The summed E-state index contributed by atoms with van der Waals surface area (Å²) in [5.41, 5.74) is 2.30. The molecule has 3 rings (SSSR count). The van der Waals surface area contributed by atoms with Crippen LogP contribution < -0.4 is 0 Å². The van der Waals surface area contributed by atoms with Crippen molar-refractivity contribution >= 4 is 11.8 Å². The molecule has 1 aliphatic rings. The van der Waals surface area contributed by atoms with Crippen molar-refractivity contribution in [3.8, 4) is 11.8 Å². The third-order valence-electron chi connectivity index (χ3n) is 3.23. The number of hydrogen-bond acceptors (Lipinski definition) is 2. The zero-order valence-electron chi connectivity index (χ0n) is 10.9. The minimum atomic E-state index is -0.289.